The lowest BCUT2D eigenvalue weighted by Gasteiger charge is -2.10. The molecule has 0 amide bonds. The Kier molecular flexibility index (Phi) is 3.34. The Morgan fingerprint density at radius 2 is 2.19 bits per heavy atom. The molecule has 0 saturated carbocycles. The van der Waals surface area contributed by atoms with Gasteiger partial charge in [-0.05, 0) is 39.2 Å². The molecular formula is C14H17N5O2. The van der Waals surface area contributed by atoms with Gasteiger partial charge in [-0.3, -0.25) is 4.57 Å². The molecule has 2 heterocycles. The predicted molar refractivity (Wildman–Crippen MR) is 79.1 cm³/mol. The van der Waals surface area contributed by atoms with Crippen LogP contribution in [0.15, 0.2) is 27.5 Å². The van der Waals surface area contributed by atoms with Crippen LogP contribution in [0.25, 0.3) is 22.5 Å². The minimum Gasteiger partial charge on any atom is -0.334 e. The van der Waals surface area contributed by atoms with Gasteiger partial charge in [-0.15, -0.1) is 0 Å². The molecule has 7 heteroatoms. The summed E-state index contributed by atoms with van der Waals surface area (Å²) in [6.07, 6.45) is 0. The molecular weight excluding hydrogens is 270 g/mol. The average Bonchev–Trinajstić information content (AvgIpc) is 2.99. The zero-order valence-electron chi connectivity index (χ0n) is 12.3. The maximum atomic E-state index is 12.0. The lowest BCUT2D eigenvalue weighted by Crippen LogP contribution is -2.24. The van der Waals surface area contributed by atoms with Crippen LogP contribution < -0.4 is 5.69 Å². The summed E-state index contributed by atoms with van der Waals surface area (Å²) >= 11 is 0. The van der Waals surface area contributed by atoms with Gasteiger partial charge in [0, 0.05) is 18.7 Å². The molecule has 0 radical (unpaired) electrons. The maximum absolute atomic E-state index is 12.0. The van der Waals surface area contributed by atoms with E-state index in [2.05, 4.69) is 15.1 Å². The van der Waals surface area contributed by atoms with E-state index in [1.165, 1.54) is 0 Å². The highest BCUT2D eigenvalue weighted by Gasteiger charge is 2.11. The number of hydrogen-bond acceptors (Lipinski definition) is 5. The van der Waals surface area contributed by atoms with Crippen molar-refractivity contribution in [2.24, 2.45) is 0 Å². The minimum absolute atomic E-state index is 0.106. The van der Waals surface area contributed by atoms with Gasteiger partial charge in [0.1, 0.15) is 0 Å². The summed E-state index contributed by atoms with van der Waals surface area (Å²) in [7, 11) is 3.96. The number of aryl methyl sites for hydroxylation is 1. The number of rotatable bonds is 4. The van der Waals surface area contributed by atoms with Crippen LogP contribution >= 0.6 is 0 Å². The van der Waals surface area contributed by atoms with Crippen LogP contribution in [-0.4, -0.2) is 45.2 Å². The number of H-pyrrole nitrogens is 1. The van der Waals surface area contributed by atoms with Gasteiger partial charge in [0.2, 0.25) is 0 Å². The SMILES string of the molecule is Cc1noc(-c2ccc3[nH]c(=O)n(CCN(C)C)c3c2)n1. The summed E-state index contributed by atoms with van der Waals surface area (Å²) in [5.41, 5.74) is 2.35. The lowest BCUT2D eigenvalue weighted by molar-refractivity contribution is 0.384. The molecule has 0 bridgehead atoms. The number of nitrogens with zero attached hydrogens (tertiary/aromatic N) is 4. The van der Waals surface area contributed by atoms with Crippen molar-refractivity contribution < 1.29 is 4.52 Å². The molecule has 0 saturated heterocycles. The molecule has 0 aliphatic rings. The molecule has 3 aromatic rings. The highest BCUT2D eigenvalue weighted by molar-refractivity contribution is 5.80. The Bertz CT molecular complexity index is 827. The fourth-order valence-electron chi connectivity index (χ4n) is 2.22. The monoisotopic (exact) mass is 287 g/mol. The van der Waals surface area contributed by atoms with Gasteiger partial charge in [-0.2, -0.15) is 4.98 Å². The van der Waals surface area contributed by atoms with Crippen LogP contribution in [-0.2, 0) is 6.54 Å². The van der Waals surface area contributed by atoms with E-state index in [4.69, 9.17) is 4.52 Å². The molecule has 3 rings (SSSR count). The fourth-order valence-corrected chi connectivity index (χ4v) is 2.22. The van der Waals surface area contributed by atoms with E-state index in [0.29, 0.717) is 18.3 Å². The maximum Gasteiger partial charge on any atom is 0.326 e. The third kappa shape index (κ3) is 2.59. The van der Waals surface area contributed by atoms with E-state index in [9.17, 15) is 4.79 Å². The molecule has 2 aromatic heterocycles. The van der Waals surface area contributed by atoms with Crippen LogP contribution in [0.2, 0.25) is 0 Å². The summed E-state index contributed by atoms with van der Waals surface area (Å²) in [5.74, 6) is 1.05. The van der Waals surface area contributed by atoms with E-state index in [1.54, 1.807) is 11.5 Å². The van der Waals surface area contributed by atoms with E-state index in [-0.39, 0.29) is 5.69 Å². The quantitative estimate of drug-likeness (QED) is 0.781. The largest absolute Gasteiger partial charge is 0.334 e. The second kappa shape index (κ2) is 5.17. The van der Waals surface area contributed by atoms with Crippen molar-refractivity contribution >= 4 is 11.0 Å². The summed E-state index contributed by atoms with van der Waals surface area (Å²) in [5, 5.41) is 3.79. The molecule has 1 aromatic carbocycles. The van der Waals surface area contributed by atoms with Gasteiger partial charge in [0.05, 0.1) is 11.0 Å². The Hall–Kier alpha value is -2.41. The summed E-state index contributed by atoms with van der Waals surface area (Å²) < 4.78 is 6.90. The van der Waals surface area contributed by atoms with E-state index in [1.807, 2.05) is 37.2 Å². The highest BCUT2D eigenvalue weighted by Crippen LogP contribution is 2.21. The second-order valence-electron chi connectivity index (χ2n) is 5.26. The molecule has 0 fully saturated rings. The van der Waals surface area contributed by atoms with Crippen molar-refractivity contribution in [3.8, 4) is 11.5 Å². The number of aromatic amines is 1. The number of nitrogens with one attached hydrogen (secondary N) is 1. The zero-order valence-corrected chi connectivity index (χ0v) is 12.3. The van der Waals surface area contributed by atoms with Crippen molar-refractivity contribution in [3.05, 3.63) is 34.5 Å². The predicted octanol–water partition coefficient (Wildman–Crippen LogP) is 1.25. The Labute approximate surface area is 121 Å². The van der Waals surface area contributed by atoms with Crippen LogP contribution in [0, 0.1) is 6.92 Å². The van der Waals surface area contributed by atoms with Crippen molar-refractivity contribution in [1.82, 2.24) is 24.6 Å². The van der Waals surface area contributed by atoms with Gasteiger partial charge in [-0.25, -0.2) is 4.79 Å². The molecule has 0 atom stereocenters. The van der Waals surface area contributed by atoms with E-state index < -0.39 is 0 Å². The van der Waals surface area contributed by atoms with Crippen molar-refractivity contribution in [2.75, 3.05) is 20.6 Å². The fraction of sp³-hybridized carbons (Fsp3) is 0.357. The molecule has 7 nitrogen and oxygen atoms in total. The van der Waals surface area contributed by atoms with Crippen LogP contribution in [0.3, 0.4) is 0 Å². The van der Waals surface area contributed by atoms with Crippen LogP contribution in [0.5, 0.6) is 0 Å². The van der Waals surface area contributed by atoms with Crippen LogP contribution in [0.4, 0.5) is 0 Å². The number of aromatic nitrogens is 4. The highest BCUT2D eigenvalue weighted by atomic mass is 16.5. The number of benzene rings is 1. The van der Waals surface area contributed by atoms with Gasteiger partial charge in [0.15, 0.2) is 5.82 Å². The summed E-state index contributed by atoms with van der Waals surface area (Å²) in [4.78, 5) is 21.2. The Morgan fingerprint density at radius 1 is 1.38 bits per heavy atom. The molecule has 0 aliphatic carbocycles. The van der Waals surface area contributed by atoms with Crippen molar-refractivity contribution in [3.63, 3.8) is 0 Å². The smallest absolute Gasteiger partial charge is 0.326 e. The Morgan fingerprint density at radius 3 is 2.86 bits per heavy atom. The topological polar surface area (TPSA) is 80.0 Å². The number of fused-ring (bicyclic) bond motifs is 1. The number of hydrogen-bond donors (Lipinski definition) is 1. The first-order chi connectivity index (χ1) is 10.0. The lowest BCUT2D eigenvalue weighted by atomic mass is 10.2. The van der Waals surface area contributed by atoms with Gasteiger partial charge in [-0.1, -0.05) is 5.16 Å². The van der Waals surface area contributed by atoms with E-state index >= 15 is 0 Å². The standard InChI is InChI=1S/C14H17N5O2/c1-9-15-13(21-17-9)10-4-5-11-12(8-10)19(14(20)16-11)7-6-18(2)3/h4-5,8H,6-7H2,1-3H3,(H,16,20). The first-order valence-electron chi connectivity index (χ1n) is 6.72. The minimum atomic E-state index is -0.106. The van der Waals surface area contributed by atoms with E-state index in [0.717, 1.165) is 23.1 Å². The van der Waals surface area contributed by atoms with Crippen molar-refractivity contribution in [2.45, 2.75) is 13.5 Å². The zero-order chi connectivity index (χ0) is 15.0. The molecule has 21 heavy (non-hydrogen) atoms. The molecule has 0 unspecified atom stereocenters. The van der Waals surface area contributed by atoms with Crippen molar-refractivity contribution in [1.29, 1.82) is 0 Å². The molecule has 1 N–H and O–H groups in total. The molecule has 110 valence electrons. The normalized spacial score (nSPS) is 11.6. The Balaban J connectivity index is 2.07. The molecule has 0 spiro atoms. The third-order valence-corrected chi connectivity index (χ3v) is 3.32. The number of imidazole rings is 1. The van der Waals surface area contributed by atoms with Crippen LogP contribution in [0.1, 0.15) is 5.82 Å². The van der Waals surface area contributed by atoms with Gasteiger partial charge < -0.3 is 14.4 Å². The van der Waals surface area contributed by atoms with Gasteiger partial charge in [0.25, 0.3) is 5.89 Å². The molecule has 0 aliphatic heterocycles. The first-order valence-corrected chi connectivity index (χ1v) is 6.72. The third-order valence-electron chi connectivity index (χ3n) is 3.32. The second-order valence-corrected chi connectivity index (χ2v) is 5.26. The first kappa shape index (κ1) is 13.6. The summed E-state index contributed by atoms with van der Waals surface area (Å²) in [6.45, 7) is 3.18. The number of likely N-dealkylation sites (N-methyl/N-ethyl adjacent to an activating group) is 1. The van der Waals surface area contributed by atoms with Gasteiger partial charge >= 0.3 is 5.69 Å². The average molecular weight is 287 g/mol. The summed E-state index contributed by atoms with van der Waals surface area (Å²) in [6, 6.07) is 5.62.